The topological polar surface area (TPSA) is 325 Å². The number of fused-ring (bicyclic) bond motifs is 5. The summed E-state index contributed by atoms with van der Waals surface area (Å²) in [6.45, 7) is 17.1. The third-order valence-electron chi connectivity index (χ3n) is 16.4. The molecule has 5 aromatic rings. The monoisotopic (exact) mass is 1370 g/mol. The molecule has 2 aromatic heterocycles. The van der Waals surface area contributed by atoms with E-state index < -0.39 is 47.5 Å². The first-order valence-electron chi connectivity index (χ1n) is 34.3. The second-order valence-corrected chi connectivity index (χ2v) is 24.0. The van der Waals surface area contributed by atoms with Crippen LogP contribution in [0.3, 0.4) is 0 Å². The molecular formula is C72H101N7O19. The zero-order valence-corrected chi connectivity index (χ0v) is 57.3. The number of hydrogen-bond acceptors (Lipinski definition) is 21. The Morgan fingerprint density at radius 1 is 0.653 bits per heavy atom. The molecular weight excluding hydrogens is 1270 g/mol. The number of nitrogens with two attached hydrogens (primary N) is 1. The number of hydrogen-bond donors (Lipinski definition) is 6. The van der Waals surface area contributed by atoms with Crippen LogP contribution < -0.4 is 37.3 Å². The lowest BCUT2D eigenvalue weighted by atomic mass is 9.86. The van der Waals surface area contributed by atoms with Gasteiger partial charge in [-0.25, -0.2) is 14.6 Å². The molecule has 0 bridgehead atoms. The quantitative estimate of drug-likeness (QED) is 0.0183. The number of nitrogens with one attached hydrogen (secondary N) is 4. The lowest BCUT2D eigenvalue weighted by Crippen LogP contribution is -2.53. The summed E-state index contributed by atoms with van der Waals surface area (Å²) in [6.07, 6.45) is 3.28. The zero-order valence-electron chi connectivity index (χ0n) is 57.3. The van der Waals surface area contributed by atoms with Crippen LogP contribution >= 0.6 is 0 Å². The lowest BCUT2D eigenvalue weighted by molar-refractivity contribution is -0.172. The Balaban J connectivity index is 0.736. The van der Waals surface area contributed by atoms with E-state index in [0.29, 0.717) is 191 Å². The van der Waals surface area contributed by atoms with Crippen molar-refractivity contribution < 1.29 is 85.9 Å². The van der Waals surface area contributed by atoms with Gasteiger partial charge in [-0.1, -0.05) is 70.2 Å². The van der Waals surface area contributed by atoms with Crippen LogP contribution in [0.2, 0.25) is 0 Å². The summed E-state index contributed by atoms with van der Waals surface area (Å²) in [5.74, 6) is -0.894. The standard InChI is InChI=1S/C72H101N7O19/c1-5-56-57-46-55(20-21-61(57)77-66-58(56)48-79-64(66)47-60-59(69(79)83)50-97-70(84)72(60,86)6-2)96-26-12-25-74-71(85)98-49-53-16-18-54(19-17-53)75-67(81)62(15-10-11-24-73)78-68(82)63(45-52-13-8-7-9-14-52)76-65(80)23-28-88-30-32-90-34-36-92-38-40-94-42-44-95-43-41-93-39-37-91-35-33-89-31-29-87-27-22-51(3)4/h7-9,13-14,16-21,46-47,51,62-63,86H,5-6,10-12,15,22-45,48-50,73H2,1-4H3,(H,74,85)(H,75,81)(H,76,80)(H,78,82)/t62-,63-,72-/m0/s1. The number of carbonyl (C=O) groups is 5. The van der Waals surface area contributed by atoms with Crippen LogP contribution in [0, 0.1) is 5.92 Å². The van der Waals surface area contributed by atoms with E-state index in [4.69, 9.17) is 67.6 Å². The molecule has 26 heteroatoms. The summed E-state index contributed by atoms with van der Waals surface area (Å²) < 4.78 is 68.4. The Kier molecular flexibility index (Phi) is 34.3. The second-order valence-electron chi connectivity index (χ2n) is 24.0. The lowest BCUT2D eigenvalue weighted by Gasteiger charge is -2.31. The van der Waals surface area contributed by atoms with Crippen LogP contribution in [-0.4, -0.2) is 195 Å². The highest BCUT2D eigenvalue weighted by atomic mass is 16.6. The predicted molar refractivity (Wildman–Crippen MR) is 366 cm³/mol. The van der Waals surface area contributed by atoms with Crippen molar-refractivity contribution >= 4 is 46.4 Å². The van der Waals surface area contributed by atoms with Crippen molar-refractivity contribution in [2.24, 2.45) is 11.7 Å². The van der Waals surface area contributed by atoms with Gasteiger partial charge in [0.05, 0.1) is 148 Å². The van der Waals surface area contributed by atoms with E-state index in [9.17, 15) is 33.9 Å². The summed E-state index contributed by atoms with van der Waals surface area (Å²) in [5.41, 5.74) is 9.84. The average Bonchev–Trinajstić information content (AvgIpc) is 1.51. The molecule has 0 saturated heterocycles. The summed E-state index contributed by atoms with van der Waals surface area (Å²) >= 11 is 0. The molecule has 26 nitrogen and oxygen atoms in total. The molecule has 0 saturated carbocycles. The molecule has 0 spiro atoms. The molecule has 3 aromatic carbocycles. The Morgan fingerprint density at radius 3 is 1.84 bits per heavy atom. The summed E-state index contributed by atoms with van der Waals surface area (Å²) in [7, 11) is 0. The number of aromatic nitrogens is 2. The Labute approximate surface area is 573 Å². The fourth-order valence-corrected chi connectivity index (χ4v) is 10.9. The average molecular weight is 1370 g/mol. The first kappa shape index (κ1) is 77.9. The van der Waals surface area contributed by atoms with Gasteiger partial charge in [0, 0.05) is 48.2 Å². The molecule has 0 fully saturated rings. The van der Waals surface area contributed by atoms with Crippen LogP contribution in [-0.2, 0) is 109 Å². The number of esters is 1. The van der Waals surface area contributed by atoms with Crippen LogP contribution in [0.4, 0.5) is 10.5 Å². The maximum atomic E-state index is 14.0. The SMILES string of the molecule is CCc1c2c(nc3ccc(OCCCNC(=O)OCc4ccc(NC(=O)[C@H](CCCCN)NC(=O)[C@H](Cc5ccccc5)NC(=O)CCOCCOCCOCCOCCOCCOCCOCCOCCOCCC(C)C)cc4)cc13)-c1cc3c(c(=O)n1C2)COC(=O)[C@]3(O)CC. The van der Waals surface area contributed by atoms with Crippen molar-refractivity contribution in [2.75, 3.05) is 144 Å². The molecule has 3 atom stereocenters. The minimum absolute atomic E-state index is 0.00898. The Morgan fingerprint density at radius 2 is 1.26 bits per heavy atom. The number of rotatable bonds is 50. The van der Waals surface area contributed by atoms with E-state index in [1.807, 2.05) is 55.5 Å². The Bertz CT molecular complexity index is 3320. The van der Waals surface area contributed by atoms with E-state index >= 15 is 0 Å². The van der Waals surface area contributed by atoms with E-state index in [2.05, 4.69) is 35.1 Å². The number of carbonyl (C=O) groups excluding carboxylic acids is 5. The molecule has 0 unspecified atom stereocenters. The minimum atomic E-state index is -1.91. The molecule has 4 amide bonds. The third kappa shape index (κ3) is 25.4. The number of cyclic esters (lactones) is 1. The van der Waals surface area contributed by atoms with Crippen LogP contribution in [0.15, 0.2) is 83.7 Å². The van der Waals surface area contributed by atoms with Crippen molar-refractivity contribution in [3.05, 3.63) is 123 Å². The molecule has 7 rings (SSSR count). The molecule has 0 aliphatic carbocycles. The van der Waals surface area contributed by atoms with Gasteiger partial charge in [-0.3, -0.25) is 19.2 Å². The van der Waals surface area contributed by atoms with Gasteiger partial charge in [0.2, 0.25) is 17.7 Å². The largest absolute Gasteiger partial charge is 0.494 e. The third-order valence-corrected chi connectivity index (χ3v) is 16.4. The van der Waals surface area contributed by atoms with Crippen LogP contribution in [0.1, 0.15) is 106 Å². The molecule has 98 heavy (non-hydrogen) atoms. The summed E-state index contributed by atoms with van der Waals surface area (Å²) in [6, 6.07) is 21.4. The van der Waals surface area contributed by atoms with Gasteiger partial charge in [-0.15, -0.1) is 0 Å². The fraction of sp³-hybridized carbons (Fsp3) is 0.569. The summed E-state index contributed by atoms with van der Waals surface area (Å²) in [4.78, 5) is 85.2. The molecule has 2 aliphatic heterocycles. The predicted octanol–water partition coefficient (Wildman–Crippen LogP) is 6.20. The maximum absolute atomic E-state index is 14.0. The van der Waals surface area contributed by atoms with Gasteiger partial charge in [-0.05, 0) is 110 Å². The number of pyridine rings is 2. The van der Waals surface area contributed by atoms with Gasteiger partial charge >= 0.3 is 12.1 Å². The van der Waals surface area contributed by atoms with Crippen molar-refractivity contribution in [2.45, 2.75) is 123 Å². The van der Waals surface area contributed by atoms with Gasteiger partial charge in [-0.2, -0.15) is 0 Å². The van der Waals surface area contributed by atoms with Crippen LogP contribution in [0.25, 0.3) is 22.3 Å². The van der Waals surface area contributed by atoms with E-state index in [-0.39, 0.29) is 68.9 Å². The number of aryl methyl sites for hydroxylation is 1. The maximum Gasteiger partial charge on any atom is 0.407 e. The number of aliphatic hydroxyl groups is 1. The highest BCUT2D eigenvalue weighted by Gasteiger charge is 2.45. The number of ether oxygens (including phenoxy) is 12. The molecule has 7 N–H and O–H groups in total. The first-order chi connectivity index (χ1) is 47.7. The normalized spacial score (nSPS) is 14.5. The first-order valence-corrected chi connectivity index (χ1v) is 34.3. The van der Waals surface area contributed by atoms with Crippen molar-refractivity contribution in [3.63, 3.8) is 0 Å². The van der Waals surface area contributed by atoms with Gasteiger partial charge in [0.15, 0.2) is 5.60 Å². The number of anilines is 1. The summed E-state index contributed by atoms with van der Waals surface area (Å²) in [5, 5.41) is 23.5. The van der Waals surface area contributed by atoms with Crippen molar-refractivity contribution in [1.82, 2.24) is 25.5 Å². The highest BCUT2D eigenvalue weighted by molar-refractivity contribution is 5.98. The van der Waals surface area contributed by atoms with Crippen LogP contribution in [0.5, 0.6) is 5.75 Å². The molecule has 2 aliphatic rings. The number of unbranched alkanes of at least 4 members (excludes halogenated alkanes) is 1. The number of nitrogens with zero attached hydrogens (tertiary/aromatic N) is 2. The number of amides is 4. The molecule has 538 valence electrons. The highest BCUT2D eigenvalue weighted by Crippen LogP contribution is 2.41. The smallest absolute Gasteiger partial charge is 0.407 e. The van der Waals surface area contributed by atoms with E-state index in [1.54, 1.807) is 41.8 Å². The molecule has 4 heterocycles. The molecule has 0 radical (unpaired) electrons. The second kappa shape index (κ2) is 43.1. The van der Waals surface area contributed by atoms with E-state index in [1.165, 1.54) is 0 Å². The number of alkyl carbamates (subject to hydrolysis) is 1. The minimum Gasteiger partial charge on any atom is -0.494 e. The fourth-order valence-electron chi connectivity index (χ4n) is 10.9. The van der Waals surface area contributed by atoms with Gasteiger partial charge < -0.3 is 93.5 Å². The zero-order chi connectivity index (χ0) is 69.7. The number of benzene rings is 3. The van der Waals surface area contributed by atoms with Crippen molar-refractivity contribution in [3.8, 4) is 17.1 Å². The van der Waals surface area contributed by atoms with Crippen molar-refractivity contribution in [1.29, 1.82) is 0 Å². The Hall–Kier alpha value is -7.47. The van der Waals surface area contributed by atoms with Gasteiger partial charge in [0.1, 0.15) is 31.0 Å². The van der Waals surface area contributed by atoms with E-state index in [0.717, 1.165) is 35.1 Å². The van der Waals surface area contributed by atoms with Gasteiger partial charge in [0.25, 0.3) is 5.56 Å².